The molecule has 0 saturated heterocycles. The lowest BCUT2D eigenvalue weighted by molar-refractivity contribution is 0.276. The normalized spacial score (nSPS) is 11.7. The largest absolute Gasteiger partial charge is 0.390 e. The molecule has 0 aromatic carbocycles. The van der Waals surface area contributed by atoms with Gasteiger partial charge in [-0.05, 0) is 5.92 Å². The number of aromatic nitrogens is 3. The summed E-state index contributed by atoms with van der Waals surface area (Å²) in [5, 5.41) is 13.1. The molecule has 0 aliphatic rings. The summed E-state index contributed by atoms with van der Waals surface area (Å²) in [6.07, 6.45) is 3.93. The van der Waals surface area contributed by atoms with Crippen molar-refractivity contribution in [2.45, 2.75) is 27.0 Å². The van der Waals surface area contributed by atoms with Crippen LogP contribution in [0.1, 0.15) is 19.5 Å². The minimum atomic E-state index is 0.00333. The number of fused-ring (bicyclic) bond motifs is 1. The third-order valence-corrected chi connectivity index (χ3v) is 2.17. The maximum atomic E-state index is 8.94. The van der Waals surface area contributed by atoms with Crippen molar-refractivity contribution in [3.05, 3.63) is 24.2 Å². The molecule has 0 saturated carbocycles. The van der Waals surface area contributed by atoms with Crippen LogP contribution in [-0.2, 0) is 13.2 Å². The van der Waals surface area contributed by atoms with Crippen LogP contribution in [0.25, 0.3) is 5.65 Å². The van der Waals surface area contributed by atoms with E-state index in [2.05, 4.69) is 23.5 Å². The zero-order valence-electron chi connectivity index (χ0n) is 8.51. The molecule has 76 valence electrons. The number of imidazole rings is 1. The minimum Gasteiger partial charge on any atom is -0.390 e. The Balaban J connectivity index is 2.40. The first-order valence-electron chi connectivity index (χ1n) is 4.85. The Morgan fingerprint density at radius 2 is 2.21 bits per heavy atom. The average molecular weight is 193 g/mol. The van der Waals surface area contributed by atoms with Crippen LogP contribution in [0.5, 0.6) is 0 Å². The van der Waals surface area contributed by atoms with Crippen molar-refractivity contribution < 1.29 is 5.11 Å². The van der Waals surface area contributed by atoms with E-state index in [0.717, 1.165) is 17.9 Å². The molecule has 0 bridgehead atoms. The Kier molecular flexibility index (Phi) is 2.29. The van der Waals surface area contributed by atoms with Gasteiger partial charge in [-0.1, -0.05) is 13.8 Å². The fourth-order valence-corrected chi connectivity index (χ4v) is 1.60. The second-order valence-corrected chi connectivity index (χ2v) is 3.94. The number of rotatable bonds is 3. The number of hydrogen-bond acceptors (Lipinski definition) is 2. The van der Waals surface area contributed by atoms with Gasteiger partial charge in [0.25, 0.3) is 0 Å². The lowest BCUT2D eigenvalue weighted by atomic mass is 10.2. The summed E-state index contributed by atoms with van der Waals surface area (Å²) in [5.74, 6) is 0.610. The van der Waals surface area contributed by atoms with E-state index in [1.54, 1.807) is 4.52 Å². The third-order valence-electron chi connectivity index (χ3n) is 2.17. The fraction of sp³-hybridized carbons (Fsp3) is 0.500. The van der Waals surface area contributed by atoms with E-state index in [1.807, 2.05) is 18.5 Å². The van der Waals surface area contributed by atoms with E-state index >= 15 is 0 Å². The fourth-order valence-electron chi connectivity index (χ4n) is 1.60. The lowest BCUT2D eigenvalue weighted by Crippen LogP contribution is -2.02. The van der Waals surface area contributed by atoms with E-state index in [1.165, 1.54) is 0 Å². The standard InChI is InChI=1S/C10H15N3O/c1-8(2)6-12-3-4-13-10(12)5-9(7-14)11-13/h3-5,8,14H,6-7H2,1-2H3. The van der Waals surface area contributed by atoms with Crippen LogP contribution in [-0.4, -0.2) is 19.3 Å². The number of aliphatic hydroxyl groups excluding tert-OH is 1. The summed E-state index contributed by atoms with van der Waals surface area (Å²) >= 11 is 0. The minimum absolute atomic E-state index is 0.00333. The molecule has 4 nitrogen and oxygen atoms in total. The number of hydrogen-bond donors (Lipinski definition) is 1. The van der Waals surface area contributed by atoms with Crippen LogP contribution in [0.2, 0.25) is 0 Å². The van der Waals surface area contributed by atoms with Crippen LogP contribution in [0, 0.1) is 5.92 Å². The monoisotopic (exact) mass is 193 g/mol. The first kappa shape index (κ1) is 9.27. The smallest absolute Gasteiger partial charge is 0.136 e. The molecule has 0 fully saturated rings. The van der Waals surface area contributed by atoms with E-state index in [9.17, 15) is 0 Å². The van der Waals surface area contributed by atoms with E-state index in [0.29, 0.717) is 5.92 Å². The van der Waals surface area contributed by atoms with Gasteiger partial charge in [-0.3, -0.25) is 0 Å². The third kappa shape index (κ3) is 1.53. The Hall–Kier alpha value is -1.29. The van der Waals surface area contributed by atoms with E-state index in [4.69, 9.17) is 5.11 Å². The molecule has 2 heterocycles. The van der Waals surface area contributed by atoms with Crippen molar-refractivity contribution in [1.82, 2.24) is 14.2 Å². The molecule has 2 rings (SSSR count). The Morgan fingerprint density at radius 1 is 1.43 bits per heavy atom. The lowest BCUT2D eigenvalue weighted by Gasteiger charge is -2.05. The van der Waals surface area contributed by atoms with Gasteiger partial charge in [0, 0.05) is 25.0 Å². The summed E-state index contributed by atoms with van der Waals surface area (Å²) in [6, 6.07) is 1.92. The maximum Gasteiger partial charge on any atom is 0.136 e. The highest BCUT2D eigenvalue weighted by Gasteiger charge is 2.06. The first-order valence-corrected chi connectivity index (χ1v) is 4.85. The molecule has 0 atom stereocenters. The second kappa shape index (κ2) is 3.46. The van der Waals surface area contributed by atoms with Crippen LogP contribution in [0.3, 0.4) is 0 Å². The molecule has 4 heteroatoms. The van der Waals surface area contributed by atoms with Crippen molar-refractivity contribution in [3.63, 3.8) is 0 Å². The van der Waals surface area contributed by atoms with Crippen LogP contribution >= 0.6 is 0 Å². The van der Waals surface area contributed by atoms with Crippen molar-refractivity contribution in [1.29, 1.82) is 0 Å². The average Bonchev–Trinajstić information content (AvgIpc) is 2.66. The highest BCUT2D eigenvalue weighted by Crippen LogP contribution is 2.10. The summed E-state index contributed by atoms with van der Waals surface area (Å²) < 4.78 is 3.95. The molecule has 0 unspecified atom stereocenters. The van der Waals surface area contributed by atoms with Gasteiger partial charge >= 0.3 is 0 Å². The predicted molar refractivity (Wildman–Crippen MR) is 53.9 cm³/mol. The first-order chi connectivity index (χ1) is 6.70. The predicted octanol–water partition coefficient (Wildman–Crippen LogP) is 1.28. The topological polar surface area (TPSA) is 42.5 Å². The van der Waals surface area contributed by atoms with Gasteiger partial charge in [-0.2, -0.15) is 5.10 Å². The SMILES string of the molecule is CC(C)Cn1ccn2nc(CO)cc12. The van der Waals surface area contributed by atoms with E-state index < -0.39 is 0 Å². The van der Waals surface area contributed by atoms with Crippen molar-refractivity contribution in [2.24, 2.45) is 5.92 Å². The van der Waals surface area contributed by atoms with E-state index in [-0.39, 0.29) is 6.61 Å². The molecule has 1 N–H and O–H groups in total. The molecule has 0 aliphatic carbocycles. The quantitative estimate of drug-likeness (QED) is 0.798. The molecule has 0 amide bonds. The summed E-state index contributed by atoms with van der Waals surface area (Å²) in [6.45, 7) is 5.34. The molecule has 14 heavy (non-hydrogen) atoms. The molecule has 0 spiro atoms. The van der Waals surface area contributed by atoms with Crippen LogP contribution < -0.4 is 0 Å². The van der Waals surface area contributed by atoms with Gasteiger partial charge in [-0.25, -0.2) is 4.52 Å². The number of aliphatic hydroxyl groups is 1. The van der Waals surface area contributed by atoms with Crippen molar-refractivity contribution in [2.75, 3.05) is 0 Å². The van der Waals surface area contributed by atoms with Crippen molar-refractivity contribution in [3.8, 4) is 0 Å². The highest BCUT2D eigenvalue weighted by molar-refractivity contribution is 5.40. The van der Waals surface area contributed by atoms with Crippen molar-refractivity contribution >= 4 is 5.65 Å². The summed E-state index contributed by atoms with van der Waals surface area (Å²) in [4.78, 5) is 0. The van der Waals surface area contributed by atoms with Crippen LogP contribution in [0.4, 0.5) is 0 Å². The second-order valence-electron chi connectivity index (χ2n) is 3.94. The Morgan fingerprint density at radius 3 is 2.86 bits per heavy atom. The van der Waals surface area contributed by atoms with Crippen LogP contribution in [0.15, 0.2) is 18.5 Å². The number of nitrogens with zero attached hydrogens (tertiary/aromatic N) is 3. The molecule has 0 aliphatic heterocycles. The molecular weight excluding hydrogens is 178 g/mol. The van der Waals surface area contributed by atoms with Gasteiger partial charge in [0.15, 0.2) is 0 Å². The zero-order chi connectivity index (χ0) is 10.1. The van der Waals surface area contributed by atoms with Gasteiger partial charge in [0.1, 0.15) is 5.65 Å². The summed E-state index contributed by atoms with van der Waals surface area (Å²) in [5.41, 5.74) is 1.76. The highest BCUT2D eigenvalue weighted by atomic mass is 16.3. The molecule has 0 radical (unpaired) electrons. The summed E-state index contributed by atoms with van der Waals surface area (Å²) in [7, 11) is 0. The molecular formula is C10H15N3O. The van der Waals surface area contributed by atoms with Gasteiger partial charge in [0.2, 0.25) is 0 Å². The molecule has 2 aromatic heterocycles. The van der Waals surface area contributed by atoms with Gasteiger partial charge in [0.05, 0.1) is 12.3 Å². The Labute approximate surface area is 82.8 Å². The maximum absolute atomic E-state index is 8.94. The molecule has 2 aromatic rings. The van der Waals surface area contributed by atoms with Gasteiger partial charge in [-0.15, -0.1) is 0 Å². The van der Waals surface area contributed by atoms with Gasteiger partial charge < -0.3 is 9.67 Å². The zero-order valence-corrected chi connectivity index (χ0v) is 8.51. The Bertz CT molecular complexity index is 427.